The molecule has 3 rings (SSSR count). The highest BCUT2D eigenvalue weighted by Crippen LogP contribution is 2.24. The second-order valence-electron chi connectivity index (χ2n) is 6.65. The number of H-pyrrole nitrogens is 1. The van der Waals surface area contributed by atoms with E-state index in [9.17, 15) is 9.59 Å². The Hall–Kier alpha value is -2.73. The summed E-state index contributed by atoms with van der Waals surface area (Å²) in [5, 5.41) is 0.566. The fourth-order valence-corrected chi connectivity index (χ4v) is 4.01. The summed E-state index contributed by atoms with van der Waals surface area (Å²) in [6.45, 7) is 4.01. The van der Waals surface area contributed by atoms with Gasteiger partial charge in [-0.25, -0.2) is 0 Å². The molecule has 0 aliphatic heterocycles. The summed E-state index contributed by atoms with van der Waals surface area (Å²) in [6, 6.07) is 17.6. The number of aromatic nitrogens is 1. The smallest absolute Gasteiger partial charge is 0.271 e. The molecule has 6 heteroatoms. The minimum absolute atomic E-state index is 0.142. The Morgan fingerprint density at radius 2 is 1.70 bits per heavy atom. The van der Waals surface area contributed by atoms with Gasteiger partial charge in [0.05, 0.1) is 10.8 Å². The second-order valence-corrected chi connectivity index (χ2v) is 7.78. The van der Waals surface area contributed by atoms with Crippen molar-refractivity contribution in [3.63, 3.8) is 0 Å². The van der Waals surface area contributed by atoms with Gasteiger partial charge in [-0.15, -0.1) is 11.8 Å². The number of aromatic amines is 1. The number of amides is 2. The van der Waals surface area contributed by atoms with Crippen molar-refractivity contribution in [3.05, 3.63) is 71.9 Å². The lowest BCUT2D eigenvalue weighted by molar-refractivity contribution is -0.122. The molecule has 1 aromatic heterocycles. The summed E-state index contributed by atoms with van der Waals surface area (Å²) in [7, 11) is 0. The van der Waals surface area contributed by atoms with Crippen molar-refractivity contribution in [2.75, 3.05) is 0 Å². The predicted molar refractivity (Wildman–Crippen MR) is 110 cm³/mol. The van der Waals surface area contributed by atoms with Gasteiger partial charge >= 0.3 is 0 Å². The van der Waals surface area contributed by atoms with Gasteiger partial charge in [0.1, 0.15) is 0 Å². The minimum atomic E-state index is -0.337. The van der Waals surface area contributed by atoms with E-state index in [0.29, 0.717) is 5.56 Å². The number of benzene rings is 2. The van der Waals surface area contributed by atoms with Gasteiger partial charge < -0.3 is 4.98 Å². The number of carbonyl (C=O) groups excluding carboxylic acids is 2. The van der Waals surface area contributed by atoms with Gasteiger partial charge in [0, 0.05) is 22.9 Å². The number of hydrogen-bond acceptors (Lipinski definition) is 3. The van der Waals surface area contributed by atoms with Crippen molar-refractivity contribution in [1.29, 1.82) is 0 Å². The average Bonchev–Trinajstić information content (AvgIpc) is 3.11. The topological polar surface area (TPSA) is 74.0 Å². The molecule has 0 bridgehead atoms. The molecule has 27 heavy (non-hydrogen) atoms. The van der Waals surface area contributed by atoms with Crippen molar-refractivity contribution in [2.45, 2.75) is 24.9 Å². The molecule has 5 nitrogen and oxygen atoms in total. The van der Waals surface area contributed by atoms with E-state index in [4.69, 9.17) is 0 Å². The predicted octanol–water partition coefficient (Wildman–Crippen LogP) is 3.89. The van der Waals surface area contributed by atoms with Crippen molar-refractivity contribution >= 4 is 34.5 Å². The molecule has 0 saturated carbocycles. The number of hydrazine groups is 1. The van der Waals surface area contributed by atoms with Crippen LogP contribution in [-0.4, -0.2) is 22.0 Å². The first-order valence-electron chi connectivity index (χ1n) is 8.88. The van der Waals surface area contributed by atoms with Crippen LogP contribution in [0.4, 0.5) is 0 Å². The SMILES string of the molecule is CC(C)C(SCc1ccccc1)C(=O)NNC(=O)c1c[nH]c2ccccc12. The largest absolute Gasteiger partial charge is 0.360 e. The number of carbonyl (C=O) groups is 2. The standard InChI is InChI=1S/C21H23N3O2S/c1-14(2)19(27-13-15-8-4-3-5-9-15)21(26)24-23-20(25)17-12-22-18-11-7-6-10-16(17)18/h3-12,14,19,22H,13H2,1-2H3,(H,23,25)(H,24,26). The molecule has 1 unspecified atom stereocenters. The van der Waals surface area contributed by atoms with Crippen molar-refractivity contribution in [2.24, 2.45) is 5.92 Å². The zero-order valence-corrected chi connectivity index (χ0v) is 16.2. The highest BCUT2D eigenvalue weighted by atomic mass is 32.2. The monoisotopic (exact) mass is 381 g/mol. The first-order valence-corrected chi connectivity index (χ1v) is 9.93. The highest BCUT2D eigenvalue weighted by Gasteiger charge is 2.23. The Labute approximate surface area is 162 Å². The average molecular weight is 382 g/mol. The maximum absolute atomic E-state index is 12.6. The fourth-order valence-electron chi connectivity index (χ4n) is 2.85. The normalized spacial score (nSPS) is 12.1. The fraction of sp³-hybridized carbons (Fsp3) is 0.238. The van der Waals surface area contributed by atoms with Crippen LogP contribution in [0.2, 0.25) is 0 Å². The van der Waals surface area contributed by atoms with Gasteiger partial charge in [-0.05, 0) is 17.5 Å². The number of rotatable bonds is 6. The van der Waals surface area contributed by atoms with Crippen LogP contribution in [0, 0.1) is 5.92 Å². The van der Waals surface area contributed by atoms with Crippen LogP contribution >= 0.6 is 11.8 Å². The number of thioether (sulfide) groups is 1. The minimum Gasteiger partial charge on any atom is -0.360 e. The maximum atomic E-state index is 12.6. The van der Waals surface area contributed by atoms with E-state index in [2.05, 4.69) is 15.8 Å². The van der Waals surface area contributed by atoms with Crippen molar-refractivity contribution < 1.29 is 9.59 Å². The first-order chi connectivity index (χ1) is 13.1. The molecule has 140 valence electrons. The Bertz CT molecular complexity index is 921. The Morgan fingerprint density at radius 1 is 1.00 bits per heavy atom. The van der Waals surface area contributed by atoms with E-state index in [1.54, 1.807) is 18.0 Å². The lowest BCUT2D eigenvalue weighted by Crippen LogP contribution is -2.46. The molecule has 2 amide bonds. The quantitative estimate of drug-likeness (QED) is 0.567. The van der Waals surface area contributed by atoms with Crippen LogP contribution in [0.1, 0.15) is 29.8 Å². The molecule has 0 fully saturated rings. The third kappa shape index (κ3) is 4.71. The first kappa shape index (κ1) is 19.0. The van der Waals surface area contributed by atoms with E-state index in [-0.39, 0.29) is 23.0 Å². The number of fused-ring (bicyclic) bond motifs is 1. The molecule has 3 N–H and O–H groups in total. The third-order valence-electron chi connectivity index (χ3n) is 4.27. The molecule has 1 heterocycles. The van der Waals surface area contributed by atoms with E-state index in [1.165, 1.54) is 5.56 Å². The molecule has 0 spiro atoms. The molecule has 0 saturated heterocycles. The van der Waals surface area contributed by atoms with E-state index in [0.717, 1.165) is 16.7 Å². The molecule has 3 aromatic rings. The Morgan fingerprint density at radius 3 is 2.44 bits per heavy atom. The van der Waals surface area contributed by atoms with Crippen molar-refractivity contribution in [3.8, 4) is 0 Å². The summed E-state index contributed by atoms with van der Waals surface area (Å²) >= 11 is 1.57. The Balaban J connectivity index is 1.59. The van der Waals surface area contributed by atoms with E-state index >= 15 is 0 Å². The molecule has 0 aliphatic carbocycles. The molecule has 2 aromatic carbocycles. The third-order valence-corrected chi connectivity index (χ3v) is 5.89. The van der Waals surface area contributed by atoms with Crippen LogP contribution in [0.15, 0.2) is 60.8 Å². The maximum Gasteiger partial charge on any atom is 0.271 e. The second kappa shape index (κ2) is 8.77. The lowest BCUT2D eigenvalue weighted by Gasteiger charge is -2.20. The molecule has 1 atom stereocenters. The molecule has 0 radical (unpaired) electrons. The van der Waals surface area contributed by atoms with Gasteiger partial charge in [0.2, 0.25) is 0 Å². The summed E-state index contributed by atoms with van der Waals surface area (Å²) < 4.78 is 0. The van der Waals surface area contributed by atoms with Crippen LogP contribution in [0.3, 0.4) is 0 Å². The number of nitrogens with one attached hydrogen (secondary N) is 3. The van der Waals surface area contributed by atoms with Gasteiger partial charge in [-0.3, -0.25) is 20.4 Å². The number of para-hydroxylation sites is 1. The Kier molecular flexibility index (Phi) is 6.19. The summed E-state index contributed by atoms with van der Waals surface area (Å²) in [5.74, 6) is 0.354. The zero-order valence-electron chi connectivity index (χ0n) is 15.4. The van der Waals surface area contributed by atoms with Crippen LogP contribution < -0.4 is 10.9 Å². The van der Waals surface area contributed by atoms with Gasteiger partial charge in [0.25, 0.3) is 11.8 Å². The highest BCUT2D eigenvalue weighted by molar-refractivity contribution is 7.99. The van der Waals surface area contributed by atoms with Crippen molar-refractivity contribution in [1.82, 2.24) is 15.8 Å². The summed E-state index contributed by atoms with van der Waals surface area (Å²) in [5.41, 5.74) is 7.67. The summed E-state index contributed by atoms with van der Waals surface area (Å²) in [6.07, 6.45) is 1.65. The zero-order chi connectivity index (χ0) is 19.2. The van der Waals surface area contributed by atoms with Gasteiger partial charge in [-0.1, -0.05) is 62.4 Å². The van der Waals surface area contributed by atoms with Gasteiger partial charge in [-0.2, -0.15) is 0 Å². The van der Waals surface area contributed by atoms with Crippen LogP contribution in [0.25, 0.3) is 10.9 Å². The summed E-state index contributed by atoms with van der Waals surface area (Å²) in [4.78, 5) is 28.1. The van der Waals surface area contributed by atoms with Crippen LogP contribution in [0.5, 0.6) is 0 Å². The van der Waals surface area contributed by atoms with E-state index in [1.807, 2.05) is 68.4 Å². The van der Waals surface area contributed by atoms with Crippen LogP contribution in [-0.2, 0) is 10.5 Å². The molecule has 0 aliphatic rings. The molecular weight excluding hydrogens is 358 g/mol. The van der Waals surface area contributed by atoms with E-state index < -0.39 is 0 Å². The lowest BCUT2D eigenvalue weighted by atomic mass is 10.1. The molecular formula is C21H23N3O2S. The van der Waals surface area contributed by atoms with Gasteiger partial charge in [0.15, 0.2) is 0 Å². The number of hydrogen-bond donors (Lipinski definition) is 3.